The number of thiophene rings is 1. The van der Waals surface area contributed by atoms with E-state index in [2.05, 4.69) is 144 Å². The van der Waals surface area contributed by atoms with Gasteiger partial charge >= 0.3 is 0 Å². The summed E-state index contributed by atoms with van der Waals surface area (Å²) in [5.41, 5.74) is 10.2. The lowest BCUT2D eigenvalue weighted by atomic mass is 10.0. The van der Waals surface area contributed by atoms with Crippen LogP contribution < -0.4 is 0 Å². The van der Waals surface area contributed by atoms with Gasteiger partial charge in [-0.25, -0.2) is 9.97 Å². The van der Waals surface area contributed by atoms with E-state index < -0.39 is 0 Å². The molecular formula is C46H27N3OS. The fourth-order valence-corrected chi connectivity index (χ4v) is 9.06. The zero-order valence-corrected chi connectivity index (χ0v) is 28.1. The van der Waals surface area contributed by atoms with Gasteiger partial charge in [0.15, 0.2) is 5.82 Å². The van der Waals surface area contributed by atoms with Crippen LogP contribution in [0.3, 0.4) is 0 Å². The van der Waals surface area contributed by atoms with Gasteiger partial charge in [0.2, 0.25) is 0 Å². The van der Waals surface area contributed by atoms with E-state index >= 15 is 0 Å². The fraction of sp³-hybridized carbons (Fsp3) is 0. The van der Waals surface area contributed by atoms with Crippen LogP contribution in [0, 0.1) is 0 Å². The predicted octanol–water partition coefficient (Wildman–Crippen LogP) is 12.8. The molecule has 0 amide bonds. The molecule has 4 aromatic heterocycles. The Labute approximate surface area is 296 Å². The van der Waals surface area contributed by atoms with Crippen LogP contribution in [-0.4, -0.2) is 14.5 Å². The maximum atomic E-state index is 6.33. The molecular weight excluding hydrogens is 643 g/mol. The zero-order chi connectivity index (χ0) is 33.5. The highest BCUT2D eigenvalue weighted by atomic mass is 32.1. The van der Waals surface area contributed by atoms with Crippen LogP contribution in [0.4, 0.5) is 0 Å². The molecule has 4 heterocycles. The molecule has 5 heteroatoms. The number of aromatic nitrogens is 3. The Kier molecular flexibility index (Phi) is 6.09. The number of para-hydroxylation sites is 2. The van der Waals surface area contributed by atoms with Crippen molar-refractivity contribution >= 4 is 75.3 Å². The van der Waals surface area contributed by atoms with Gasteiger partial charge in [0.05, 0.1) is 22.4 Å². The fourth-order valence-electron chi connectivity index (χ4n) is 7.70. The summed E-state index contributed by atoms with van der Waals surface area (Å²) in [5.74, 6) is 0.727. The monoisotopic (exact) mass is 669 g/mol. The highest BCUT2D eigenvalue weighted by Crippen LogP contribution is 2.46. The number of nitrogens with zero attached hydrogens (tertiary/aromatic N) is 3. The minimum atomic E-state index is 0.727. The predicted molar refractivity (Wildman–Crippen MR) is 213 cm³/mol. The maximum absolute atomic E-state index is 6.33. The van der Waals surface area contributed by atoms with Gasteiger partial charge in [0.25, 0.3) is 0 Å². The Morgan fingerprint density at radius 3 is 1.86 bits per heavy atom. The summed E-state index contributed by atoms with van der Waals surface area (Å²) in [7, 11) is 0. The van der Waals surface area contributed by atoms with Crippen molar-refractivity contribution < 1.29 is 4.42 Å². The van der Waals surface area contributed by atoms with Crippen LogP contribution in [0.2, 0.25) is 0 Å². The van der Waals surface area contributed by atoms with E-state index in [0.717, 1.165) is 61.5 Å². The van der Waals surface area contributed by atoms with Crippen molar-refractivity contribution in [2.45, 2.75) is 0 Å². The van der Waals surface area contributed by atoms with Crippen molar-refractivity contribution in [2.75, 3.05) is 0 Å². The molecule has 0 radical (unpaired) electrons. The van der Waals surface area contributed by atoms with Crippen molar-refractivity contribution in [3.05, 3.63) is 164 Å². The van der Waals surface area contributed by atoms with E-state index in [1.54, 1.807) is 0 Å². The summed E-state index contributed by atoms with van der Waals surface area (Å²) >= 11 is 1.83. The minimum absolute atomic E-state index is 0.727. The first-order valence-electron chi connectivity index (χ1n) is 17.1. The molecule has 51 heavy (non-hydrogen) atoms. The summed E-state index contributed by atoms with van der Waals surface area (Å²) in [5, 5.41) is 7.20. The van der Waals surface area contributed by atoms with Gasteiger partial charge in [-0.05, 0) is 42.5 Å². The summed E-state index contributed by atoms with van der Waals surface area (Å²) in [6, 6.07) is 57.5. The van der Waals surface area contributed by atoms with Crippen molar-refractivity contribution in [1.82, 2.24) is 14.5 Å². The van der Waals surface area contributed by atoms with Gasteiger partial charge in [-0.15, -0.1) is 11.3 Å². The normalized spacial score (nSPS) is 11.9. The maximum Gasteiger partial charge on any atom is 0.161 e. The molecule has 11 rings (SSSR count). The Balaban J connectivity index is 1.16. The van der Waals surface area contributed by atoms with Gasteiger partial charge in [-0.1, -0.05) is 115 Å². The molecule has 0 saturated carbocycles. The molecule has 0 bridgehead atoms. The molecule has 0 aliphatic rings. The standard InChI is InChI=1S/C46H27N3OS/c1-3-12-28(13-4-1)37-27-38(29-14-5-2-6-15-29)48-46(47-37)36-19-11-18-33-34-24-25-40-43(45(34)51-44(33)36)35-17-7-9-20-39(35)49(40)30-22-23-32-31-16-8-10-21-41(31)50-42(32)26-30/h1-27H. The van der Waals surface area contributed by atoms with E-state index in [0.29, 0.717) is 0 Å². The highest BCUT2D eigenvalue weighted by molar-refractivity contribution is 7.27. The summed E-state index contributed by atoms with van der Waals surface area (Å²) in [4.78, 5) is 10.4. The second kappa shape index (κ2) is 11.0. The lowest BCUT2D eigenvalue weighted by Gasteiger charge is -2.10. The average Bonchev–Trinajstić information content (AvgIpc) is 3.87. The molecule has 0 aliphatic heterocycles. The molecule has 0 fully saturated rings. The first kappa shape index (κ1) is 28.3. The number of hydrogen-bond donors (Lipinski definition) is 0. The topological polar surface area (TPSA) is 43.9 Å². The van der Waals surface area contributed by atoms with Crippen molar-refractivity contribution in [2.24, 2.45) is 0 Å². The Morgan fingerprint density at radius 1 is 0.451 bits per heavy atom. The van der Waals surface area contributed by atoms with Crippen LogP contribution in [0.15, 0.2) is 168 Å². The highest BCUT2D eigenvalue weighted by Gasteiger charge is 2.21. The molecule has 0 spiro atoms. The molecule has 0 unspecified atom stereocenters. The molecule has 238 valence electrons. The molecule has 0 saturated heterocycles. The van der Waals surface area contributed by atoms with E-state index in [4.69, 9.17) is 14.4 Å². The molecule has 7 aromatic carbocycles. The minimum Gasteiger partial charge on any atom is -0.456 e. The number of benzene rings is 7. The number of furan rings is 1. The van der Waals surface area contributed by atoms with E-state index in [9.17, 15) is 0 Å². The third-order valence-corrected chi connectivity index (χ3v) is 11.3. The van der Waals surface area contributed by atoms with Gasteiger partial charge in [-0.2, -0.15) is 0 Å². The summed E-state index contributed by atoms with van der Waals surface area (Å²) in [6.07, 6.45) is 0. The molecule has 0 atom stereocenters. The smallest absolute Gasteiger partial charge is 0.161 e. The second-order valence-corrected chi connectivity index (χ2v) is 14.0. The van der Waals surface area contributed by atoms with Gasteiger partial charge in [0.1, 0.15) is 11.2 Å². The first-order valence-corrected chi connectivity index (χ1v) is 17.9. The quantitative estimate of drug-likeness (QED) is 0.187. The van der Waals surface area contributed by atoms with Crippen LogP contribution in [-0.2, 0) is 0 Å². The number of fused-ring (bicyclic) bond motifs is 10. The van der Waals surface area contributed by atoms with Crippen LogP contribution in [0.1, 0.15) is 0 Å². The third kappa shape index (κ3) is 4.32. The van der Waals surface area contributed by atoms with Crippen molar-refractivity contribution in [3.63, 3.8) is 0 Å². The van der Waals surface area contributed by atoms with Gasteiger partial charge in [-0.3, -0.25) is 0 Å². The van der Waals surface area contributed by atoms with Gasteiger partial charge < -0.3 is 8.98 Å². The zero-order valence-electron chi connectivity index (χ0n) is 27.2. The van der Waals surface area contributed by atoms with Crippen LogP contribution in [0.25, 0.3) is 104 Å². The van der Waals surface area contributed by atoms with Crippen molar-refractivity contribution in [1.29, 1.82) is 0 Å². The lowest BCUT2D eigenvalue weighted by molar-refractivity contribution is 0.668. The molecule has 4 nitrogen and oxygen atoms in total. The summed E-state index contributed by atoms with van der Waals surface area (Å²) < 4.78 is 11.2. The first-order chi connectivity index (χ1) is 25.3. The van der Waals surface area contributed by atoms with E-state index in [1.165, 1.54) is 42.0 Å². The SMILES string of the molecule is c1ccc(-c2cc(-c3ccccc3)nc(-c3cccc4c3sc3c4ccc4c3c3ccccc3n4-c3ccc4c(c3)oc3ccccc34)n2)cc1. The number of hydrogen-bond acceptors (Lipinski definition) is 4. The number of rotatable bonds is 4. The Morgan fingerprint density at radius 2 is 1.08 bits per heavy atom. The average molecular weight is 670 g/mol. The molecule has 0 aliphatic carbocycles. The Hall–Kier alpha value is -6.56. The summed E-state index contributed by atoms with van der Waals surface area (Å²) in [6.45, 7) is 0. The molecule has 11 aromatic rings. The largest absolute Gasteiger partial charge is 0.456 e. The molecule has 0 N–H and O–H groups in total. The van der Waals surface area contributed by atoms with Crippen LogP contribution >= 0.6 is 11.3 Å². The van der Waals surface area contributed by atoms with E-state index in [1.807, 2.05) is 35.6 Å². The van der Waals surface area contributed by atoms with E-state index in [-0.39, 0.29) is 0 Å². The second-order valence-electron chi connectivity index (χ2n) is 12.9. The lowest BCUT2D eigenvalue weighted by Crippen LogP contribution is -1.96. The van der Waals surface area contributed by atoms with Crippen LogP contribution in [0.5, 0.6) is 0 Å². The van der Waals surface area contributed by atoms with Crippen molar-refractivity contribution in [3.8, 4) is 39.6 Å². The van der Waals surface area contributed by atoms with Gasteiger partial charge in [0, 0.05) is 70.2 Å². The third-order valence-electron chi connectivity index (χ3n) is 10.0. The Bertz CT molecular complexity index is 3080.